The molecular formula is C30H36N4O5S. The number of aromatic carboxylic acids is 1. The van der Waals surface area contributed by atoms with Gasteiger partial charge in [0.2, 0.25) is 11.8 Å². The second-order valence-corrected chi connectivity index (χ2v) is 11.9. The smallest absolute Gasteiger partial charge is 0.407 e. The number of carboxylic acid groups (broad SMARTS) is 1. The number of carbonyl (C=O) groups excluding carboxylic acids is 1. The van der Waals surface area contributed by atoms with Crippen LogP contribution in [-0.4, -0.2) is 45.4 Å². The van der Waals surface area contributed by atoms with E-state index < -0.39 is 17.7 Å². The zero-order chi connectivity index (χ0) is 28.9. The van der Waals surface area contributed by atoms with E-state index in [4.69, 9.17) is 14.5 Å². The lowest BCUT2D eigenvalue weighted by Gasteiger charge is -2.24. The Labute approximate surface area is 239 Å². The lowest BCUT2D eigenvalue weighted by Crippen LogP contribution is -2.42. The number of hydrogen-bond acceptors (Lipinski definition) is 8. The Balaban J connectivity index is 1.56. The molecule has 1 saturated carbocycles. The van der Waals surface area contributed by atoms with Crippen molar-refractivity contribution in [3.05, 3.63) is 65.2 Å². The third-order valence-electron chi connectivity index (χ3n) is 6.25. The Morgan fingerprint density at radius 3 is 2.42 bits per heavy atom. The maximum atomic E-state index is 12.5. The molecule has 0 aliphatic heterocycles. The van der Waals surface area contributed by atoms with Crippen molar-refractivity contribution in [3.8, 4) is 17.1 Å². The van der Waals surface area contributed by atoms with Crippen LogP contribution >= 0.6 is 11.9 Å². The number of hydrogen-bond donors (Lipinski definition) is 3. The maximum absolute atomic E-state index is 12.5. The normalized spacial score (nSPS) is 13.8. The molecule has 1 amide bonds. The van der Waals surface area contributed by atoms with E-state index in [1.807, 2.05) is 58.9 Å². The number of amides is 1. The first-order valence-electron chi connectivity index (χ1n) is 13.3. The predicted molar refractivity (Wildman–Crippen MR) is 156 cm³/mol. The third-order valence-corrected chi connectivity index (χ3v) is 7.02. The van der Waals surface area contributed by atoms with Gasteiger partial charge in [0.25, 0.3) is 0 Å². The highest BCUT2D eigenvalue weighted by molar-refractivity contribution is 8.00. The van der Waals surface area contributed by atoms with Crippen LogP contribution < -0.4 is 14.8 Å². The van der Waals surface area contributed by atoms with Gasteiger partial charge < -0.3 is 19.9 Å². The van der Waals surface area contributed by atoms with Crippen molar-refractivity contribution in [1.29, 1.82) is 0 Å². The zero-order valence-corrected chi connectivity index (χ0v) is 24.3. The van der Waals surface area contributed by atoms with Crippen molar-refractivity contribution in [2.45, 2.75) is 70.4 Å². The SMILES string of the molecule is Cc1cccc(C)c1-c1cc(OC[C@@H](CC2CC2)NC(=O)OC(C)(C)C)nc(NSc2cccc(C(=O)O)c2)n1. The summed E-state index contributed by atoms with van der Waals surface area (Å²) in [5, 5.41) is 12.3. The Morgan fingerprint density at radius 1 is 1.07 bits per heavy atom. The molecule has 4 rings (SSSR count). The first kappa shape index (κ1) is 29.2. The van der Waals surface area contributed by atoms with Gasteiger partial charge in [-0.05, 0) is 88.2 Å². The van der Waals surface area contributed by atoms with Crippen LogP contribution in [0.1, 0.15) is 61.5 Å². The molecule has 9 nitrogen and oxygen atoms in total. The molecule has 2 aromatic carbocycles. The Morgan fingerprint density at radius 2 is 1.77 bits per heavy atom. The zero-order valence-electron chi connectivity index (χ0n) is 23.5. The standard InChI is InChI=1S/C30H36N4O5S/c1-18-8-6-9-19(2)26(18)24-16-25(33-28(32-24)34-40-23-11-7-10-21(15-23)27(35)36)38-17-22(14-20-12-13-20)31-29(37)39-30(3,4)5/h6-11,15-16,20,22H,12-14,17H2,1-5H3,(H,31,37)(H,35,36)(H,32,33,34)/t22-/m1/s1. The fourth-order valence-corrected chi connectivity index (χ4v) is 4.91. The van der Waals surface area contributed by atoms with Gasteiger partial charge in [-0.1, -0.05) is 37.1 Å². The van der Waals surface area contributed by atoms with Crippen molar-refractivity contribution < 1.29 is 24.2 Å². The molecule has 0 radical (unpaired) electrons. The largest absolute Gasteiger partial charge is 0.478 e. The lowest BCUT2D eigenvalue weighted by atomic mass is 10.00. The highest BCUT2D eigenvalue weighted by atomic mass is 32.2. The van der Waals surface area contributed by atoms with Crippen molar-refractivity contribution in [2.24, 2.45) is 5.92 Å². The minimum atomic E-state index is -0.993. The summed E-state index contributed by atoms with van der Waals surface area (Å²) >= 11 is 1.21. The Kier molecular flexibility index (Phi) is 9.19. The van der Waals surface area contributed by atoms with Gasteiger partial charge in [0.1, 0.15) is 12.2 Å². The van der Waals surface area contributed by atoms with Crippen LogP contribution in [0.25, 0.3) is 11.3 Å². The first-order valence-corrected chi connectivity index (χ1v) is 14.1. The van der Waals surface area contributed by atoms with Gasteiger partial charge in [0.05, 0.1) is 17.3 Å². The number of alkyl carbamates (subject to hydrolysis) is 1. The van der Waals surface area contributed by atoms with E-state index in [1.165, 1.54) is 11.9 Å². The molecule has 1 aromatic heterocycles. The number of anilines is 1. The highest BCUT2D eigenvalue weighted by Gasteiger charge is 2.28. The van der Waals surface area contributed by atoms with Crippen LogP contribution in [0.4, 0.5) is 10.7 Å². The molecule has 1 atom stereocenters. The van der Waals surface area contributed by atoms with Crippen molar-refractivity contribution >= 4 is 30.0 Å². The molecule has 1 aliphatic rings. The van der Waals surface area contributed by atoms with Crippen LogP contribution in [0.15, 0.2) is 53.4 Å². The molecule has 40 heavy (non-hydrogen) atoms. The maximum Gasteiger partial charge on any atom is 0.407 e. The monoisotopic (exact) mass is 564 g/mol. The molecular weight excluding hydrogens is 528 g/mol. The Bertz CT molecular complexity index is 1350. The van der Waals surface area contributed by atoms with Crippen LogP contribution in [-0.2, 0) is 4.74 Å². The minimum Gasteiger partial charge on any atom is -0.478 e. The molecule has 0 spiro atoms. The van der Waals surface area contributed by atoms with Gasteiger partial charge >= 0.3 is 12.1 Å². The quantitative estimate of drug-likeness (QED) is 0.220. The van der Waals surface area contributed by atoms with Crippen LogP contribution in [0.5, 0.6) is 5.88 Å². The van der Waals surface area contributed by atoms with Gasteiger partial charge in [-0.3, -0.25) is 4.72 Å². The number of aromatic nitrogens is 2. The fourth-order valence-electron chi connectivity index (χ4n) is 4.27. The summed E-state index contributed by atoms with van der Waals surface area (Å²) in [4.78, 5) is 33.9. The van der Waals surface area contributed by atoms with Crippen LogP contribution in [0.3, 0.4) is 0 Å². The average molecular weight is 565 g/mol. The van der Waals surface area contributed by atoms with Crippen molar-refractivity contribution in [2.75, 3.05) is 11.3 Å². The van der Waals surface area contributed by atoms with Crippen LogP contribution in [0, 0.1) is 19.8 Å². The molecule has 0 unspecified atom stereocenters. The van der Waals surface area contributed by atoms with Crippen LogP contribution in [0.2, 0.25) is 0 Å². The summed E-state index contributed by atoms with van der Waals surface area (Å²) in [6, 6.07) is 14.2. The van der Waals surface area contributed by atoms with E-state index >= 15 is 0 Å². The number of carboxylic acids is 1. The fraction of sp³-hybridized carbons (Fsp3) is 0.400. The second kappa shape index (κ2) is 12.6. The number of nitrogens with one attached hydrogen (secondary N) is 2. The number of aryl methyl sites for hydroxylation is 2. The topological polar surface area (TPSA) is 123 Å². The van der Waals surface area contributed by atoms with Gasteiger partial charge in [-0.15, -0.1) is 0 Å². The van der Waals surface area contributed by atoms with E-state index in [2.05, 4.69) is 15.0 Å². The molecule has 0 saturated heterocycles. The van der Waals surface area contributed by atoms with E-state index in [-0.39, 0.29) is 18.2 Å². The number of nitrogens with zero attached hydrogens (tertiary/aromatic N) is 2. The van der Waals surface area contributed by atoms with Gasteiger partial charge in [-0.25, -0.2) is 14.6 Å². The molecule has 212 valence electrons. The van der Waals surface area contributed by atoms with E-state index in [0.29, 0.717) is 28.3 Å². The summed E-state index contributed by atoms with van der Waals surface area (Å²) in [7, 11) is 0. The highest BCUT2D eigenvalue weighted by Crippen LogP contribution is 2.34. The van der Waals surface area contributed by atoms with E-state index in [0.717, 1.165) is 36.0 Å². The summed E-state index contributed by atoms with van der Waals surface area (Å²) < 4.78 is 14.8. The summed E-state index contributed by atoms with van der Waals surface area (Å²) in [6.07, 6.45) is 2.62. The summed E-state index contributed by atoms with van der Waals surface area (Å²) in [6.45, 7) is 9.78. The minimum absolute atomic E-state index is 0.195. The summed E-state index contributed by atoms with van der Waals surface area (Å²) in [5.74, 6) is 0.253. The number of ether oxygens (including phenoxy) is 2. The molecule has 3 N–H and O–H groups in total. The van der Waals surface area contributed by atoms with Gasteiger partial charge in [-0.2, -0.15) is 4.98 Å². The second-order valence-electron chi connectivity index (χ2n) is 11.1. The summed E-state index contributed by atoms with van der Waals surface area (Å²) in [5.41, 5.74) is 3.41. The lowest BCUT2D eigenvalue weighted by molar-refractivity contribution is 0.0481. The molecule has 3 aromatic rings. The van der Waals surface area contributed by atoms with E-state index in [9.17, 15) is 14.7 Å². The van der Waals surface area contributed by atoms with Crippen molar-refractivity contribution in [3.63, 3.8) is 0 Å². The van der Waals surface area contributed by atoms with Gasteiger partial charge in [0.15, 0.2) is 0 Å². The van der Waals surface area contributed by atoms with Gasteiger partial charge in [0, 0.05) is 16.5 Å². The molecule has 1 heterocycles. The van der Waals surface area contributed by atoms with Crippen molar-refractivity contribution in [1.82, 2.24) is 15.3 Å². The number of carbonyl (C=O) groups is 2. The molecule has 0 bridgehead atoms. The Hall–Kier alpha value is -3.79. The average Bonchev–Trinajstić information content (AvgIpc) is 3.69. The van der Waals surface area contributed by atoms with E-state index in [1.54, 1.807) is 24.3 Å². The number of benzene rings is 2. The third kappa shape index (κ3) is 8.61. The molecule has 1 fully saturated rings. The number of rotatable bonds is 11. The predicted octanol–water partition coefficient (Wildman–Crippen LogP) is 6.65. The first-order chi connectivity index (χ1) is 19.0. The molecule has 1 aliphatic carbocycles. The molecule has 10 heteroatoms.